The second-order valence-electron chi connectivity index (χ2n) is 9.13. The van der Waals surface area contributed by atoms with Gasteiger partial charge >= 0.3 is 0 Å². The highest BCUT2D eigenvalue weighted by Crippen LogP contribution is 2.35. The number of hydrogen-bond acceptors (Lipinski definition) is 3. The summed E-state index contributed by atoms with van der Waals surface area (Å²) in [6.07, 6.45) is 2.06. The van der Waals surface area contributed by atoms with E-state index in [1.54, 1.807) is 0 Å². The first kappa shape index (κ1) is 25.4. The summed E-state index contributed by atoms with van der Waals surface area (Å²) in [5, 5.41) is 2.94. The van der Waals surface area contributed by atoms with Gasteiger partial charge in [-0.05, 0) is 62.1 Å². The molecule has 31 heavy (non-hydrogen) atoms. The Morgan fingerprint density at radius 2 is 1.94 bits per heavy atom. The molecule has 1 aliphatic heterocycles. The van der Waals surface area contributed by atoms with Gasteiger partial charge in [0.15, 0.2) is 0 Å². The lowest BCUT2D eigenvalue weighted by atomic mass is 9.86. The van der Waals surface area contributed by atoms with Crippen LogP contribution in [0.3, 0.4) is 0 Å². The molecule has 170 valence electrons. The lowest BCUT2D eigenvalue weighted by Gasteiger charge is -2.36. The van der Waals surface area contributed by atoms with Crippen molar-refractivity contribution in [1.82, 2.24) is 4.90 Å². The number of benzene rings is 2. The third kappa shape index (κ3) is 6.34. The van der Waals surface area contributed by atoms with Crippen LogP contribution in [0.15, 0.2) is 36.4 Å². The third-order valence-corrected chi connectivity index (χ3v) is 5.99. The molecule has 0 unspecified atom stereocenters. The fraction of sp³-hybridized carbons (Fsp3) is 0.458. The van der Waals surface area contributed by atoms with Crippen molar-refractivity contribution in [2.75, 3.05) is 18.9 Å². The van der Waals surface area contributed by atoms with E-state index in [0.29, 0.717) is 11.7 Å². The lowest BCUT2D eigenvalue weighted by molar-refractivity contribution is 0.0778. The normalized spacial score (nSPS) is 19.5. The van der Waals surface area contributed by atoms with Crippen molar-refractivity contribution in [3.8, 4) is 5.75 Å². The number of piperidine rings is 1. The lowest BCUT2D eigenvalue weighted by Crippen LogP contribution is -2.42. The molecule has 1 saturated heterocycles. The van der Waals surface area contributed by atoms with Crippen LogP contribution in [0.25, 0.3) is 0 Å². The Morgan fingerprint density at radius 3 is 2.55 bits per heavy atom. The zero-order valence-electron chi connectivity index (χ0n) is 18.7. The van der Waals surface area contributed by atoms with Crippen LogP contribution in [0.5, 0.6) is 5.75 Å². The van der Waals surface area contributed by atoms with E-state index in [0.717, 1.165) is 36.8 Å². The minimum Gasteiger partial charge on any atom is -0.490 e. The first-order valence-electron chi connectivity index (χ1n) is 10.3. The van der Waals surface area contributed by atoms with Gasteiger partial charge in [-0.3, -0.25) is 4.79 Å². The minimum absolute atomic E-state index is 0. The van der Waals surface area contributed by atoms with E-state index >= 15 is 0 Å². The van der Waals surface area contributed by atoms with E-state index in [2.05, 4.69) is 45.0 Å². The molecule has 7 heteroatoms. The van der Waals surface area contributed by atoms with Gasteiger partial charge in [-0.25, -0.2) is 4.39 Å². The summed E-state index contributed by atoms with van der Waals surface area (Å²) in [7, 11) is 2.14. The number of amides is 1. The third-order valence-electron chi connectivity index (χ3n) is 5.68. The van der Waals surface area contributed by atoms with Crippen LogP contribution in [-0.4, -0.2) is 36.5 Å². The van der Waals surface area contributed by atoms with Gasteiger partial charge in [-0.15, -0.1) is 12.4 Å². The summed E-state index contributed by atoms with van der Waals surface area (Å²) >= 11 is 6.03. The number of anilines is 1. The summed E-state index contributed by atoms with van der Waals surface area (Å²) in [5.74, 6) is -0.0799. The SMILES string of the molecule is C[C@H]1C[C@H](Oc2cc(NC(=O)c3ccc(F)cc3Cl)ccc2C(C)(C)C)CCN1C.Cl. The fourth-order valence-electron chi connectivity index (χ4n) is 3.72. The maximum absolute atomic E-state index is 13.3. The van der Waals surface area contributed by atoms with Crippen LogP contribution in [0.1, 0.15) is 56.5 Å². The molecule has 1 heterocycles. The predicted octanol–water partition coefficient (Wildman–Crippen LogP) is 6.31. The molecule has 0 aliphatic carbocycles. The van der Waals surface area contributed by atoms with E-state index in [1.165, 1.54) is 12.1 Å². The molecule has 2 aromatic rings. The van der Waals surface area contributed by atoms with E-state index < -0.39 is 5.82 Å². The van der Waals surface area contributed by atoms with Gasteiger partial charge in [-0.1, -0.05) is 38.4 Å². The van der Waals surface area contributed by atoms with Gasteiger partial charge in [-0.2, -0.15) is 0 Å². The zero-order chi connectivity index (χ0) is 22.1. The number of rotatable bonds is 4. The Bertz CT molecular complexity index is 930. The highest BCUT2D eigenvalue weighted by Gasteiger charge is 2.27. The van der Waals surface area contributed by atoms with Gasteiger partial charge in [0.25, 0.3) is 5.91 Å². The molecule has 1 N–H and O–H groups in total. The van der Waals surface area contributed by atoms with Gasteiger partial charge in [0.2, 0.25) is 0 Å². The molecular weight excluding hydrogens is 438 g/mol. The maximum Gasteiger partial charge on any atom is 0.257 e. The van der Waals surface area contributed by atoms with Crippen LogP contribution >= 0.6 is 24.0 Å². The first-order valence-corrected chi connectivity index (χ1v) is 10.7. The molecule has 0 bridgehead atoms. The Hall–Kier alpha value is -1.82. The summed E-state index contributed by atoms with van der Waals surface area (Å²) < 4.78 is 19.7. The van der Waals surface area contributed by atoms with Crippen LogP contribution in [0.4, 0.5) is 10.1 Å². The van der Waals surface area contributed by atoms with Crippen molar-refractivity contribution < 1.29 is 13.9 Å². The molecule has 0 spiro atoms. The average molecular weight is 469 g/mol. The summed E-state index contributed by atoms with van der Waals surface area (Å²) in [6.45, 7) is 9.63. The second-order valence-corrected chi connectivity index (χ2v) is 9.54. The Balaban J connectivity index is 0.00000341. The van der Waals surface area contributed by atoms with Crippen molar-refractivity contribution in [3.63, 3.8) is 0 Å². The molecule has 1 aliphatic rings. The predicted molar refractivity (Wildman–Crippen MR) is 127 cm³/mol. The fourth-order valence-corrected chi connectivity index (χ4v) is 3.98. The largest absolute Gasteiger partial charge is 0.490 e. The average Bonchev–Trinajstić information content (AvgIpc) is 2.64. The molecule has 0 aromatic heterocycles. The summed E-state index contributed by atoms with van der Waals surface area (Å²) in [5.41, 5.74) is 1.83. The highest BCUT2D eigenvalue weighted by atomic mass is 35.5. The zero-order valence-corrected chi connectivity index (χ0v) is 20.2. The number of ether oxygens (including phenoxy) is 1. The minimum atomic E-state index is -0.478. The van der Waals surface area contributed by atoms with Gasteiger partial charge in [0.05, 0.1) is 10.6 Å². The molecule has 0 saturated carbocycles. The maximum atomic E-state index is 13.3. The number of nitrogens with zero attached hydrogens (tertiary/aromatic N) is 1. The topological polar surface area (TPSA) is 41.6 Å². The molecule has 2 atom stereocenters. The number of carbonyl (C=O) groups excluding carboxylic acids is 1. The van der Waals surface area contributed by atoms with Crippen LogP contribution in [0.2, 0.25) is 5.02 Å². The van der Waals surface area contributed by atoms with Crippen molar-refractivity contribution in [2.24, 2.45) is 0 Å². The standard InChI is InChI=1S/C24H30ClFN2O2.ClH/c1-15-12-18(10-11-28(15)5)30-22-14-17(7-9-20(22)24(2,3)4)27-23(29)19-8-6-16(26)13-21(19)25;/h6-9,13-15,18H,10-12H2,1-5H3,(H,27,29);1H/t15-,18+;/m0./s1. The van der Waals surface area contributed by atoms with Crippen molar-refractivity contribution in [2.45, 2.75) is 58.1 Å². The molecule has 1 fully saturated rings. The highest BCUT2D eigenvalue weighted by molar-refractivity contribution is 6.34. The molecule has 1 amide bonds. The molecule has 0 radical (unpaired) electrons. The summed E-state index contributed by atoms with van der Waals surface area (Å²) in [6, 6.07) is 9.93. The number of nitrogens with one attached hydrogen (secondary N) is 1. The Morgan fingerprint density at radius 1 is 1.23 bits per heavy atom. The van der Waals surface area contributed by atoms with E-state index in [-0.39, 0.29) is 40.4 Å². The number of carbonyl (C=O) groups is 1. The number of likely N-dealkylation sites (tertiary alicyclic amines) is 1. The monoisotopic (exact) mass is 468 g/mol. The van der Waals surface area contributed by atoms with E-state index in [4.69, 9.17) is 16.3 Å². The Labute approximate surface area is 195 Å². The molecule has 2 aromatic carbocycles. The second kappa shape index (κ2) is 10.2. The molecule has 3 rings (SSSR count). The van der Waals surface area contributed by atoms with Gasteiger partial charge in [0.1, 0.15) is 17.7 Å². The molecule has 4 nitrogen and oxygen atoms in total. The van der Waals surface area contributed by atoms with E-state index in [9.17, 15) is 9.18 Å². The van der Waals surface area contributed by atoms with Crippen molar-refractivity contribution in [3.05, 3.63) is 58.4 Å². The van der Waals surface area contributed by atoms with Crippen molar-refractivity contribution >= 4 is 35.6 Å². The van der Waals surface area contributed by atoms with Gasteiger partial charge < -0.3 is 15.0 Å². The molecular formula is C24H31Cl2FN2O2. The first-order chi connectivity index (χ1) is 14.0. The van der Waals surface area contributed by atoms with E-state index in [1.807, 2.05) is 18.2 Å². The van der Waals surface area contributed by atoms with Gasteiger partial charge in [0, 0.05) is 24.3 Å². The smallest absolute Gasteiger partial charge is 0.257 e. The van der Waals surface area contributed by atoms with Crippen LogP contribution in [0, 0.1) is 5.82 Å². The number of halogens is 3. The van der Waals surface area contributed by atoms with Crippen molar-refractivity contribution in [1.29, 1.82) is 0 Å². The Kier molecular flexibility index (Phi) is 8.37. The quantitative estimate of drug-likeness (QED) is 0.571. The number of hydrogen-bond donors (Lipinski definition) is 1. The van der Waals surface area contributed by atoms with Crippen LogP contribution < -0.4 is 10.1 Å². The summed E-state index contributed by atoms with van der Waals surface area (Å²) in [4.78, 5) is 15.0. The van der Waals surface area contributed by atoms with Crippen LogP contribution in [-0.2, 0) is 5.41 Å².